The van der Waals surface area contributed by atoms with Crippen LogP contribution in [0.5, 0.6) is 0 Å². The maximum Gasteiger partial charge on any atom is 0.255 e. The number of rotatable bonds is 3. The van der Waals surface area contributed by atoms with Crippen molar-refractivity contribution in [2.75, 3.05) is 26.7 Å². The lowest BCUT2D eigenvalue weighted by molar-refractivity contribution is 0.0762. The van der Waals surface area contributed by atoms with Crippen LogP contribution in [0.4, 0.5) is 4.39 Å². The summed E-state index contributed by atoms with van der Waals surface area (Å²) in [7, 11) is 1.76. The number of hydrogen-bond acceptors (Lipinski definition) is 3. The van der Waals surface area contributed by atoms with Gasteiger partial charge in [-0.05, 0) is 37.9 Å². The number of amides is 1. The van der Waals surface area contributed by atoms with Gasteiger partial charge in [0.25, 0.3) is 5.91 Å². The van der Waals surface area contributed by atoms with Gasteiger partial charge < -0.3 is 10.2 Å². The standard InChI is InChI=1S/C13H18FN3O/c1-17(9-10-2-4-15-5-3-10)13(18)11-6-12(14)8-16-7-11/h6-8,10,15H,2-5,9H2,1H3. The Bertz CT molecular complexity index is 418. The van der Waals surface area contributed by atoms with Gasteiger partial charge in [-0.3, -0.25) is 9.78 Å². The predicted molar refractivity (Wildman–Crippen MR) is 66.7 cm³/mol. The average molecular weight is 251 g/mol. The first-order valence-corrected chi connectivity index (χ1v) is 6.23. The molecule has 1 N–H and O–H groups in total. The molecule has 18 heavy (non-hydrogen) atoms. The van der Waals surface area contributed by atoms with Crippen molar-refractivity contribution in [1.29, 1.82) is 0 Å². The van der Waals surface area contributed by atoms with Gasteiger partial charge in [0.1, 0.15) is 5.82 Å². The average Bonchev–Trinajstić information content (AvgIpc) is 2.39. The summed E-state index contributed by atoms with van der Waals surface area (Å²) in [4.78, 5) is 17.4. The van der Waals surface area contributed by atoms with E-state index >= 15 is 0 Å². The summed E-state index contributed by atoms with van der Waals surface area (Å²) in [6.45, 7) is 2.74. The van der Waals surface area contributed by atoms with Crippen molar-refractivity contribution in [3.63, 3.8) is 0 Å². The van der Waals surface area contributed by atoms with Gasteiger partial charge in [-0.25, -0.2) is 4.39 Å². The molecule has 0 saturated carbocycles. The third kappa shape index (κ3) is 3.26. The molecule has 1 saturated heterocycles. The fourth-order valence-corrected chi connectivity index (χ4v) is 2.28. The number of halogens is 1. The van der Waals surface area contributed by atoms with Crippen molar-refractivity contribution in [2.45, 2.75) is 12.8 Å². The van der Waals surface area contributed by atoms with Crippen LogP contribution in [0.3, 0.4) is 0 Å². The second-order valence-corrected chi connectivity index (χ2v) is 4.77. The SMILES string of the molecule is CN(CC1CCNCC1)C(=O)c1cncc(F)c1. The molecule has 98 valence electrons. The lowest BCUT2D eigenvalue weighted by Crippen LogP contribution is -2.37. The second-order valence-electron chi connectivity index (χ2n) is 4.77. The second kappa shape index (κ2) is 5.91. The smallest absolute Gasteiger partial charge is 0.255 e. The molecule has 0 bridgehead atoms. The molecule has 0 aromatic carbocycles. The summed E-state index contributed by atoms with van der Waals surface area (Å²) in [5, 5.41) is 3.29. The van der Waals surface area contributed by atoms with Crippen LogP contribution in [0.1, 0.15) is 23.2 Å². The summed E-state index contributed by atoms with van der Waals surface area (Å²) in [6.07, 6.45) is 4.67. The van der Waals surface area contributed by atoms with E-state index in [0.717, 1.165) is 38.7 Å². The molecular weight excluding hydrogens is 233 g/mol. The minimum absolute atomic E-state index is 0.166. The third-order valence-corrected chi connectivity index (χ3v) is 3.29. The Hall–Kier alpha value is -1.49. The highest BCUT2D eigenvalue weighted by Crippen LogP contribution is 2.14. The van der Waals surface area contributed by atoms with Crippen molar-refractivity contribution in [2.24, 2.45) is 5.92 Å². The molecule has 1 aliphatic rings. The molecule has 2 heterocycles. The molecule has 0 atom stereocenters. The number of nitrogens with zero attached hydrogens (tertiary/aromatic N) is 2. The molecule has 1 aromatic heterocycles. The summed E-state index contributed by atoms with van der Waals surface area (Å²) < 4.78 is 13.0. The molecule has 0 spiro atoms. The Balaban J connectivity index is 1.95. The number of piperidine rings is 1. The van der Waals surface area contributed by atoms with Crippen molar-refractivity contribution < 1.29 is 9.18 Å². The Morgan fingerprint density at radius 3 is 2.89 bits per heavy atom. The zero-order chi connectivity index (χ0) is 13.0. The fourth-order valence-electron chi connectivity index (χ4n) is 2.28. The highest BCUT2D eigenvalue weighted by Gasteiger charge is 2.19. The number of aromatic nitrogens is 1. The van der Waals surface area contributed by atoms with Gasteiger partial charge in [0.15, 0.2) is 0 Å². The molecular formula is C13H18FN3O. The zero-order valence-corrected chi connectivity index (χ0v) is 10.5. The van der Waals surface area contributed by atoms with E-state index < -0.39 is 5.82 Å². The van der Waals surface area contributed by atoms with E-state index in [9.17, 15) is 9.18 Å². The highest BCUT2D eigenvalue weighted by atomic mass is 19.1. The summed E-state index contributed by atoms with van der Waals surface area (Å²) >= 11 is 0. The molecule has 2 rings (SSSR count). The lowest BCUT2D eigenvalue weighted by Gasteiger charge is -2.27. The third-order valence-electron chi connectivity index (χ3n) is 3.29. The van der Waals surface area contributed by atoms with E-state index in [2.05, 4.69) is 10.3 Å². The lowest BCUT2D eigenvalue weighted by atomic mass is 9.97. The predicted octanol–water partition coefficient (Wildman–Crippen LogP) is 1.29. The van der Waals surface area contributed by atoms with Gasteiger partial charge in [0.05, 0.1) is 11.8 Å². The maximum atomic E-state index is 13.0. The van der Waals surface area contributed by atoms with Gasteiger partial charge in [0, 0.05) is 19.8 Å². The van der Waals surface area contributed by atoms with Gasteiger partial charge in [-0.15, -0.1) is 0 Å². The Labute approximate surface area is 106 Å². The van der Waals surface area contributed by atoms with Crippen LogP contribution in [0.2, 0.25) is 0 Å². The van der Waals surface area contributed by atoms with Crippen molar-refractivity contribution in [3.8, 4) is 0 Å². The molecule has 0 aliphatic carbocycles. The first kappa shape index (κ1) is 13.0. The van der Waals surface area contributed by atoms with Gasteiger partial charge in [0.2, 0.25) is 0 Å². The van der Waals surface area contributed by atoms with Crippen molar-refractivity contribution in [3.05, 3.63) is 29.8 Å². The summed E-state index contributed by atoms with van der Waals surface area (Å²) in [5.74, 6) is -0.113. The molecule has 0 unspecified atom stereocenters. The first-order chi connectivity index (χ1) is 8.66. The van der Waals surface area contributed by atoms with Crippen LogP contribution in [-0.2, 0) is 0 Å². The Kier molecular flexibility index (Phi) is 4.25. The van der Waals surface area contributed by atoms with Crippen LogP contribution in [-0.4, -0.2) is 42.5 Å². The molecule has 5 heteroatoms. The van der Waals surface area contributed by atoms with Crippen LogP contribution in [0.15, 0.2) is 18.5 Å². The van der Waals surface area contributed by atoms with E-state index in [1.54, 1.807) is 11.9 Å². The largest absolute Gasteiger partial charge is 0.341 e. The molecule has 4 nitrogen and oxygen atoms in total. The van der Waals surface area contributed by atoms with Crippen LogP contribution < -0.4 is 5.32 Å². The topological polar surface area (TPSA) is 45.2 Å². The van der Waals surface area contributed by atoms with E-state index in [4.69, 9.17) is 0 Å². The minimum atomic E-state index is -0.476. The van der Waals surface area contributed by atoms with Crippen molar-refractivity contribution in [1.82, 2.24) is 15.2 Å². The Morgan fingerprint density at radius 2 is 2.22 bits per heavy atom. The summed E-state index contributed by atoms with van der Waals surface area (Å²) in [6, 6.07) is 1.23. The van der Waals surface area contributed by atoms with E-state index in [1.807, 2.05) is 0 Å². The van der Waals surface area contributed by atoms with E-state index in [-0.39, 0.29) is 5.91 Å². The fraction of sp³-hybridized carbons (Fsp3) is 0.538. The summed E-state index contributed by atoms with van der Waals surface area (Å²) in [5.41, 5.74) is 0.312. The molecule has 1 aliphatic heterocycles. The van der Waals surface area contributed by atoms with E-state index in [1.165, 1.54) is 12.3 Å². The van der Waals surface area contributed by atoms with Crippen molar-refractivity contribution >= 4 is 5.91 Å². The molecule has 1 aromatic rings. The van der Waals surface area contributed by atoms with Crippen LogP contribution in [0.25, 0.3) is 0 Å². The number of hydrogen-bond donors (Lipinski definition) is 1. The Morgan fingerprint density at radius 1 is 1.50 bits per heavy atom. The number of carbonyl (C=O) groups excluding carboxylic acids is 1. The quantitative estimate of drug-likeness (QED) is 0.880. The number of nitrogens with one attached hydrogen (secondary N) is 1. The minimum Gasteiger partial charge on any atom is -0.341 e. The van der Waals surface area contributed by atoms with Crippen LogP contribution >= 0.6 is 0 Å². The van der Waals surface area contributed by atoms with Gasteiger partial charge >= 0.3 is 0 Å². The maximum absolute atomic E-state index is 13.0. The van der Waals surface area contributed by atoms with Gasteiger partial charge in [-0.2, -0.15) is 0 Å². The van der Waals surface area contributed by atoms with Crippen LogP contribution in [0, 0.1) is 11.7 Å². The first-order valence-electron chi connectivity index (χ1n) is 6.23. The monoisotopic (exact) mass is 251 g/mol. The zero-order valence-electron chi connectivity index (χ0n) is 10.5. The molecule has 1 amide bonds. The number of pyridine rings is 1. The highest BCUT2D eigenvalue weighted by molar-refractivity contribution is 5.93. The van der Waals surface area contributed by atoms with E-state index in [0.29, 0.717) is 11.5 Å². The van der Waals surface area contributed by atoms with Gasteiger partial charge in [-0.1, -0.05) is 0 Å². The molecule has 1 fully saturated rings. The molecule has 0 radical (unpaired) electrons. The number of carbonyl (C=O) groups is 1. The normalized spacial score (nSPS) is 16.6.